The van der Waals surface area contributed by atoms with Gasteiger partial charge in [0, 0.05) is 5.57 Å². The minimum absolute atomic E-state index is 0.0822. The molecular formula is C15H19NO3. The van der Waals surface area contributed by atoms with E-state index in [0.717, 1.165) is 5.56 Å². The Morgan fingerprint density at radius 2 is 1.95 bits per heavy atom. The summed E-state index contributed by atoms with van der Waals surface area (Å²) >= 11 is 0. The third-order valence-corrected chi connectivity index (χ3v) is 2.63. The van der Waals surface area contributed by atoms with Gasteiger partial charge in [0.2, 0.25) is 5.91 Å². The molecule has 1 amide bonds. The van der Waals surface area contributed by atoms with Gasteiger partial charge in [-0.25, -0.2) is 0 Å². The number of amides is 1. The van der Waals surface area contributed by atoms with E-state index in [1.165, 1.54) is 0 Å². The van der Waals surface area contributed by atoms with Crippen molar-refractivity contribution in [1.29, 1.82) is 0 Å². The van der Waals surface area contributed by atoms with Crippen molar-refractivity contribution in [3.05, 3.63) is 48.0 Å². The Hall–Kier alpha value is -2.10. The van der Waals surface area contributed by atoms with Gasteiger partial charge in [0.15, 0.2) is 0 Å². The lowest BCUT2D eigenvalue weighted by Crippen LogP contribution is -2.28. The lowest BCUT2D eigenvalue weighted by molar-refractivity contribution is -0.142. The third-order valence-electron chi connectivity index (χ3n) is 2.63. The summed E-state index contributed by atoms with van der Waals surface area (Å²) in [4.78, 5) is 23.1. The first-order valence-electron chi connectivity index (χ1n) is 6.23. The van der Waals surface area contributed by atoms with Crippen molar-refractivity contribution in [2.45, 2.75) is 26.3 Å². The zero-order chi connectivity index (χ0) is 14.3. The Bertz CT molecular complexity index is 454. The number of benzene rings is 1. The van der Waals surface area contributed by atoms with Crippen molar-refractivity contribution >= 4 is 11.9 Å². The van der Waals surface area contributed by atoms with E-state index in [1.54, 1.807) is 6.92 Å². The number of hydrogen-bond donors (Lipinski definition) is 1. The molecule has 0 saturated heterocycles. The molecule has 1 N–H and O–H groups in total. The molecule has 0 aromatic heterocycles. The second kappa shape index (κ2) is 7.36. The summed E-state index contributed by atoms with van der Waals surface area (Å²) in [6.07, 6.45) is -0.0822. The van der Waals surface area contributed by atoms with Gasteiger partial charge in [-0.3, -0.25) is 9.59 Å². The first-order chi connectivity index (χ1) is 9.04. The number of ether oxygens (including phenoxy) is 1. The van der Waals surface area contributed by atoms with Gasteiger partial charge in [-0.2, -0.15) is 0 Å². The van der Waals surface area contributed by atoms with Crippen LogP contribution in [0.3, 0.4) is 0 Å². The number of rotatable bonds is 6. The number of esters is 1. The Labute approximate surface area is 113 Å². The predicted octanol–water partition coefficient (Wildman–Crippen LogP) is 2.37. The quantitative estimate of drug-likeness (QED) is 0.632. The molecule has 1 aromatic rings. The highest BCUT2D eigenvalue weighted by atomic mass is 16.5. The van der Waals surface area contributed by atoms with E-state index in [9.17, 15) is 9.59 Å². The molecule has 1 aromatic carbocycles. The zero-order valence-electron chi connectivity index (χ0n) is 11.3. The summed E-state index contributed by atoms with van der Waals surface area (Å²) in [6.45, 7) is 7.51. The van der Waals surface area contributed by atoms with Crippen LogP contribution in [0.1, 0.15) is 31.9 Å². The van der Waals surface area contributed by atoms with Gasteiger partial charge in [-0.1, -0.05) is 36.9 Å². The van der Waals surface area contributed by atoms with Crippen LogP contribution in [0.15, 0.2) is 42.5 Å². The summed E-state index contributed by atoms with van der Waals surface area (Å²) < 4.78 is 4.77. The maximum atomic E-state index is 11.8. The molecule has 4 heteroatoms. The zero-order valence-corrected chi connectivity index (χ0v) is 11.3. The molecule has 0 saturated carbocycles. The van der Waals surface area contributed by atoms with Crippen LogP contribution in [0.25, 0.3) is 0 Å². The molecule has 0 aliphatic carbocycles. The van der Waals surface area contributed by atoms with Crippen LogP contribution >= 0.6 is 0 Å². The van der Waals surface area contributed by atoms with Gasteiger partial charge in [-0.15, -0.1) is 0 Å². The maximum Gasteiger partial charge on any atom is 0.310 e. The lowest BCUT2D eigenvalue weighted by Gasteiger charge is -2.15. The third kappa shape index (κ3) is 4.95. The number of carbonyl (C=O) groups excluding carboxylic acids is 2. The fourth-order valence-corrected chi connectivity index (χ4v) is 1.59. The summed E-state index contributed by atoms with van der Waals surface area (Å²) in [5, 5.41) is 2.80. The number of hydrogen-bond acceptors (Lipinski definition) is 3. The van der Waals surface area contributed by atoms with Crippen LogP contribution in [0.4, 0.5) is 0 Å². The van der Waals surface area contributed by atoms with Crippen molar-refractivity contribution in [2.24, 2.45) is 0 Å². The van der Waals surface area contributed by atoms with Gasteiger partial charge in [-0.05, 0) is 19.4 Å². The minimum atomic E-state index is -0.435. The molecule has 0 unspecified atom stereocenters. The van der Waals surface area contributed by atoms with Crippen LogP contribution in [-0.4, -0.2) is 18.5 Å². The van der Waals surface area contributed by atoms with Crippen LogP contribution in [0.2, 0.25) is 0 Å². The van der Waals surface area contributed by atoms with Crippen molar-refractivity contribution < 1.29 is 14.3 Å². The fraction of sp³-hybridized carbons (Fsp3) is 0.333. The molecule has 1 rings (SSSR count). The Balaban J connectivity index is 2.50. The number of carbonyl (C=O) groups is 2. The predicted molar refractivity (Wildman–Crippen MR) is 73.4 cm³/mol. The molecule has 0 aliphatic rings. The average Bonchev–Trinajstić information content (AvgIpc) is 2.39. The molecule has 0 bridgehead atoms. The van der Waals surface area contributed by atoms with E-state index >= 15 is 0 Å². The lowest BCUT2D eigenvalue weighted by atomic mass is 10.1. The van der Waals surface area contributed by atoms with Gasteiger partial charge < -0.3 is 10.1 Å². The van der Waals surface area contributed by atoms with E-state index in [4.69, 9.17) is 4.74 Å². The first-order valence-corrected chi connectivity index (χ1v) is 6.23. The standard InChI is InChI=1S/C15H19NO3/c1-4-19-14(17)10-11(2)15(18)16-12(3)13-8-6-5-7-9-13/h5-9,12H,2,4,10H2,1,3H3,(H,16,18)/t12-/m1/s1. The van der Waals surface area contributed by atoms with E-state index in [1.807, 2.05) is 37.3 Å². The summed E-state index contributed by atoms with van der Waals surface area (Å²) in [6, 6.07) is 9.46. The van der Waals surface area contributed by atoms with Crippen molar-refractivity contribution in [1.82, 2.24) is 5.32 Å². The van der Waals surface area contributed by atoms with E-state index in [2.05, 4.69) is 11.9 Å². The average molecular weight is 261 g/mol. The molecule has 0 heterocycles. The summed E-state index contributed by atoms with van der Waals surface area (Å²) in [5.74, 6) is -0.764. The second-order valence-electron chi connectivity index (χ2n) is 4.19. The van der Waals surface area contributed by atoms with E-state index in [-0.39, 0.29) is 23.9 Å². The SMILES string of the molecule is C=C(CC(=O)OCC)C(=O)N[C@H](C)c1ccccc1. The van der Waals surface area contributed by atoms with Crippen molar-refractivity contribution in [2.75, 3.05) is 6.61 Å². The molecule has 19 heavy (non-hydrogen) atoms. The van der Waals surface area contributed by atoms with E-state index < -0.39 is 5.97 Å². The maximum absolute atomic E-state index is 11.8. The van der Waals surface area contributed by atoms with E-state index in [0.29, 0.717) is 6.61 Å². The number of nitrogens with one attached hydrogen (secondary N) is 1. The molecule has 1 atom stereocenters. The Morgan fingerprint density at radius 3 is 2.53 bits per heavy atom. The summed E-state index contributed by atoms with van der Waals surface area (Å²) in [5.41, 5.74) is 1.21. The molecule has 0 fully saturated rings. The van der Waals surface area contributed by atoms with Gasteiger partial charge in [0.05, 0.1) is 19.1 Å². The van der Waals surface area contributed by atoms with Gasteiger partial charge >= 0.3 is 5.97 Å². The Morgan fingerprint density at radius 1 is 1.32 bits per heavy atom. The van der Waals surface area contributed by atoms with Crippen LogP contribution < -0.4 is 5.32 Å². The van der Waals surface area contributed by atoms with Gasteiger partial charge in [0.25, 0.3) is 0 Å². The van der Waals surface area contributed by atoms with Crippen LogP contribution in [0.5, 0.6) is 0 Å². The Kier molecular flexibility index (Phi) is 5.79. The molecule has 0 radical (unpaired) electrons. The molecular weight excluding hydrogens is 242 g/mol. The minimum Gasteiger partial charge on any atom is -0.466 e. The molecule has 4 nitrogen and oxygen atoms in total. The van der Waals surface area contributed by atoms with Gasteiger partial charge in [0.1, 0.15) is 0 Å². The molecule has 0 aliphatic heterocycles. The van der Waals surface area contributed by atoms with Crippen LogP contribution in [-0.2, 0) is 14.3 Å². The highest BCUT2D eigenvalue weighted by Gasteiger charge is 2.15. The fourth-order valence-electron chi connectivity index (χ4n) is 1.59. The highest BCUT2D eigenvalue weighted by molar-refractivity contribution is 5.97. The smallest absolute Gasteiger partial charge is 0.310 e. The monoisotopic (exact) mass is 261 g/mol. The van der Waals surface area contributed by atoms with Crippen LogP contribution in [0, 0.1) is 0 Å². The summed E-state index contributed by atoms with van der Waals surface area (Å²) in [7, 11) is 0. The van der Waals surface area contributed by atoms with Crippen molar-refractivity contribution in [3.8, 4) is 0 Å². The molecule has 102 valence electrons. The second-order valence-corrected chi connectivity index (χ2v) is 4.19. The topological polar surface area (TPSA) is 55.4 Å². The normalized spacial score (nSPS) is 11.5. The van der Waals surface area contributed by atoms with Crippen molar-refractivity contribution in [3.63, 3.8) is 0 Å². The highest BCUT2D eigenvalue weighted by Crippen LogP contribution is 2.12. The largest absolute Gasteiger partial charge is 0.466 e. The molecule has 0 spiro atoms. The first kappa shape index (κ1) is 15.0.